The van der Waals surface area contributed by atoms with Crippen LogP contribution in [0.15, 0.2) is 78.9 Å². The number of phenols is 1. The molecule has 0 heterocycles. The minimum atomic E-state index is -2.97. The van der Waals surface area contributed by atoms with Crippen molar-refractivity contribution in [2.75, 3.05) is 9.62 Å². The van der Waals surface area contributed by atoms with Crippen LogP contribution in [-0.2, 0) is 11.3 Å². The van der Waals surface area contributed by atoms with Crippen molar-refractivity contribution in [3.05, 3.63) is 95.6 Å². The average molecular weight is 435 g/mol. The van der Waals surface area contributed by atoms with E-state index in [1.54, 1.807) is 42.5 Å². The van der Waals surface area contributed by atoms with Crippen molar-refractivity contribution in [2.45, 2.75) is 6.92 Å². The zero-order chi connectivity index (χ0) is 22.4. The number of urea groups is 1. The molecule has 3 rings (SSSR count). The molecule has 0 aromatic heterocycles. The van der Waals surface area contributed by atoms with E-state index >= 15 is 0 Å². The predicted octanol–water partition coefficient (Wildman–Crippen LogP) is 4.43. The summed E-state index contributed by atoms with van der Waals surface area (Å²) in [5.41, 5.74) is 1.94. The molecule has 3 aromatic carbocycles. The molecule has 7 nitrogen and oxygen atoms in total. The van der Waals surface area contributed by atoms with Crippen LogP contribution in [0.3, 0.4) is 0 Å². The Morgan fingerprint density at radius 3 is 2.42 bits per heavy atom. The van der Waals surface area contributed by atoms with Gasteiger partial charge in [0.1, 0.15) is 5.75 Å². The third-order valence-corrected chi connectivity index (χ3v) is 4.98. The molecule has 0 fully saturated rings. The Labute approximate surface area is 182 Å². The largest absolute Gasteiger partial charge is 0.755 e. The monoisotopic (exact) mass is 435 g/mol. The van der Waals surface area contributed by atoms with Crippen LogP contribution in [-0.4, -0.2) is 25.7 Å². The highest BCUT2D eigenvalue weighted by atomic mass is 32.2. The Morgan fingerprint density at radius 2 is 1.74 bits per heavy atom. The number of amides is 2. The second-order valence-electron chi connectivity index (χ2n) is 6.62. The number of ketones is 1. The van der Waals surface area contributed by atoms with Crippen molar-refractivity contribution < 1.29 is 23.5 Å². The molecule has 158 valence electrons. The number of hydrogen-bond acceptors (Lipinski definition) is 5. The number of phenolic OH excluding ortho intramolecular Hbond substituents is 1. The van der Waals surface area contributed by atoms with Gasteiger partial charge >= 0.3 is 6.03 Å². The lowest BCUT2D eigenvalue weighted by atomic mass is 10.1. The number of nitrogens with zero attached hydrogens (tertiary/aromatic N) is 1. The van der Waals surface area contributed by atoms with Gasteiger partial charge in [-0.25, -0.2) is 9.10 Å². The molecule has 0 aliphatic heterocycles. The van der Waals surface area contributed by atoms with Gasteiger partial charge in [0.2, 0.25) is 0 Å². The van der Waals surface area contributed by atoms with Crippen LogP contribution in [0, 0.1) is 6.92 Å². The maximum Gasteiger partial charge on any atom is 0.337 e. The zero-order valence-corrected chi connectivity index (χ0v) is 17.3. The van der Waals surface area contributed by atoms with E-state index in [1.807, 2.05) is 6.92 Å². The van der Waals surface area contributed by atoms with E-state index in [2.05, 4.69) is 5.32 Å². The molecule has 0 saturated carbocycles. The number of rotatable bonds is 6. The fourth-order valence-electron chi connectivity index (χ4n) is 2.82. The predicted molar refractivity (Wildman–Crippen MR) is 120 cm³/mol. The van der Waals surface area contributed by atoms with Crippen molar-refractivity contribution in [2.24, 2.45) is 0 Å². The van der Waals surface area contributed by atoms with Gasteiger partial charge in [-0.2, -0.15) is 0 Å². The molecule has 0 aliphatic carbocycles. The maximum absolute atomic E-state index is 12.8. The number of nitrogens with one attached hydrogen (secondary N) is 1. The molecule has 8 heteroatoms. The number of anilines is 2. The van der Waals surface area contributed by atoms with Crippen LogP contribution in [0.25, 0.3) is 6.08 Å². The van der Waals surface area contributed by atoms with E-state index in [0.29, 0.717) is 15.6 Å². The highest BCUT2D eigenvalue weighted by molar-refractivity contribution is 7.81. The maximum atomic E-state index is 12.8. The number of hydrogen-bond donors (Lipinski definition) is 2. The smallest absolute Gasteiger partial charge is 0.337 e. The Balaban J connectivity index is 1.89. The van der Waals surface area contributed by atoms with Crippen molar-refractivity contribution in [1.82, 2.24) is 0 Å². The molecule has 0 aliphatic rings. The number of allylic oxidation sites excluding steroid dienone is 1. The lowest BCUT2D eigenvalue weighted by Crippen LogP contribution is -2.37. The van der Waals surface area contributed by atoms with Gasteiger partial charge in [-0.15, -0.1) is 0 Å². The highest BCUT2D eigenvalue weighted by Gasteiger charge is 2.22. The number of aromatic hydroxyl groups is 1. The van der Waals surface area contributed by atoms with Gasteiger partial charge < -0.3 is 15.0 Å². The van der Waals surface area contributed by atoms with Crippen molar-refractivity contribution in [1.29, 1.82) is 0 Å². The minimum absolute atomic E-state index is 0.0298. The third kappa shape index (κ3) is 5.65. The summed E-state index contributed by atoms with van der Waals surface area (Å²) in [6, 6.07) is 18.1. The van der Waals surface area contributed by atoms with Crippen molar-refractivity contribution in [3.63, 3.8) is 0 Å². The van der Waals surface area contributed by atoms with E-state index in [4.69, 9.17) is 0 Å². The van der Waals surface area contributed by atoms with Crippen molar-refractivity contribution in [3.8, 4) is 5.75 Å². The lowest BCUT2D eigenvalue weighted by Gasteiger charge is -2.26. The fourth-order valence-corrected chi connectivity index (χ4v) is 3.32. The molecular formula is C23H19N2O5S-. The molecule has 0 bridgehead atoms. The topological polar surface area (TPSA) is 110 Å². The van der Waals surface area contributed by atoms with Crippen LogP contribution in [0.2, 0.25) is 0 Å². The van der Waals surface area contributed by atoms with Gasteiger partial charge in [0.15, 0.2) is 5.78 Å². The Hall–Kier alpha value is -3.75. The third-order valence-electron chi connectivity index (χ3n) is 4.32. The van der Waals surface area contributed by atoms with Crippen molar-refractivity contribution >= 4 is 40.5 Å². The van der Waals surface area contributed by atoms with Gasteiger partial charge in [-0.1, -0.05) is 48.0 Å². The van der Waals surface area contributed by atoms with Gasteiger partial charge in [-0.05, 0) is 55.0 Å². The normalized spacial score (nSPS) is 11.8. The standard InChI is InChI=1S/C23H20N2O5S/c1-16-9-12-18(13-10-16)24-23(28)25(31(29)30)21-8-3-2-7-20(21)22(27)14-11-17-5-4-6-19(26)15-17/h2-15,26H,1H3,(H,24,28)(H,29,30)/p-1/b14-11+. The molecule has 2 amide bonds. The molecule has 0 radical (unpaired) electrons. The summed E-state index contributed by atoms with van der Waals surface area (Å²) in [5, 5.41) is 12.0. The zero-order valence-electron chi connectivity index (χ0n) is 16.5. The second kappa shape index (κ2) is 9.84. The molecule has 1 atom stereocenters. The summed E-state index contributed by atoms with van der Waals surface area (Å²) < 4.78 is 24.3. The van der Waals surface area contributed by atoms with Gasteiger partial charge in [0.05, 0.1) is 17.0 Å². The molecule has 31 heavy (non-hydrogen) atoms. The van der Waals surface area contributed by atoms with Crippen LogP contribution in [0.5, 0.6) is 5.75 Å². The molecule has 2 N–H and O–H groups in total. The summed E-state index contributed by atoms with van der Waals surface area (Å²) in [4.78, 5) is 25.5. The number of benzene rings is 3. The molecule has 3 aromatic rings. The number of carbonyl (C=O) groups is 2. The first-order chi connectivity index (χ1) is 14.8. The van der Waals surface area contributed by atoms with Crippen LogP contribution >= 0.6 is 0 Å². The van der Waals surface area contributed by atoms with Gasteiger partial charge in [-0.3, -0.25) is 9.00 Å². The lowest BCUT2D eigenvalue weighted by molar-refractivity contribution is 0.104. The van der Waals surface area contributed by atoms with Gasteiger partial charge in [0, 0.05) is 11.3 Å². The van der Waals surface area contributed by atoms with Crippen LogP contribution in [0.4, 0.5) is 16.2 Å². The Kier molecular flexibility index (Phi) is 6.96. The first-order valence-electron chi connectivity index (χ1n) is 9.23. The summed E-state index contributed by atoms with van der Waals surface area (Å²) in [6.07, 6.45) is 2.74. The summed E-state index contributed by atoms with van der Waals surface area (Å²) in [5.74, 6) is -0.451. The minimum Gasteiger partial charge on any atom is -0.755 e. The number of carbonyl (C=O) groups excluding carboxylic acids is 2. The quantitative estimate of drug-likeness (QED) is 0.338. The summed E-state index contributed by atoms with van der Waals surface area (Å²) in [7, 11) is 0. The molecule has 1 unspecified atom stereocenters. The SMILES string of the molecule is Cc1ccc(NC(=O)N(c2ccccc2C(=O)/C=C/c2cccc(O)c2)S(=O)[O-])cc1. The summed E-state index contributed by atoms with van der Waals surface area (Å²) >= 11 is -2.97. The average Bonchev–Trinajstić information content (AvgIpc) is 2.74. The van der Waals surface area contributed by atoms with E-state index in [0.717, 1.165) is 5.56 Å². The second-order valence-corrected chi connectivity index (χ2v) is 7.42. The molecule has 0 spiro atoms. The van der Waals surface area contributed by atoms with Gasteiger partial charge in [0.25, 0.3) is 0 Å². The Morgan fingerprint density at radius 1 is 1.03 bits per heavy atom. The van der Waals surface area contributed by atoms with E-state index in [-0.39, 0.29) is 17.0 Å². The number of aryl methyl sites for hydroxylation is 1. The molecule has 0 saturated heterocycles. The number of para-hydroxylation sites is 1. The first kappa shape index (κ1) is 21.9. The van der Waals surface area contributed by atoms with E-state index < -0.39 is 23.1 Å². The highest BCUT2D eigenvalue weighted by Crippen LogP contribution is 2.24. The first-order valence-corrected chi connectivity index (χ1v) is 10.3. The van der Waals surface area contributed by atoms with Crippen LogP contribution < -0.4 is 9.62 Å². The van der Waals surface area contributed by atoms with E-state index in [9.17, 15) is 23.5 Å². The van der Waals surface area contributed by atoms with E-state index in [1.165, 1.54) is 42.5 Å². The summed E-state index contributed by atoms with van der Waals surface area (Å²) in [6.45, 7) is 1.89. The Bertz CT molecular complexity index is 1160. The molecular weight excluding hydrogens is 416 g/mol. The fraction of sp³-hybridized carbons (Fsp3) is 0.0435. The van der Waals surface area contributed by atoms with Crippen LogP contribution in [0.1, 0.15) is 21.5 Å².